The van der Waals surface area contributed by atoms with E-state index in [9.17, 15) is 4.79 Å². The molecule has 9 nitrogen and oxygen atoms in total. The van der Waals surface area contributed by atoms with Crippen LogP contribution in [0, 0.1) is 0 Å². The van der Waals surface area contributed by atoms with Gasteiger partial charge in [-0.3, -0.25) is 4.79 Å². The van der Waals surface area contributed by atoms with Gasteiger partial charge in [-0.15, -0.1) is 0 Å². The summed E-state index contributed by atoms with van der Waals surface area (Å²) in [4.78, 5) is 27.6. The van der Waals surface area contributed by atoms with Crippen molar-refractivity contribution in [1.82, 2.24) is 29.7 Å². The number of methoxy groups -OCH3 is 1. The number of hydrogen-bond acceptors (Lipinski definition) is 9. The molecule has 2 aromatic rings. The quantitative estimate of drug-likeness (QED) is 0.588. The van der Waals surface area contributed by atoms with Crippen molar-refractivity contribution in [2.24, 2.45) is 0 Å². The van der Waals surface area contributed by atoms with Crippen molar-refractivity contribution < 1.29 is 9.53 Å². The Kier molecular flexibility index (Phi) is 4.82. The molecule has 0 bridgehead atoms. The van der Waals surface area contributed by atoms with Crippen LogP contribution < -0.4 is 5.32 Å². The van der Waals surface area contributed by atoms with Crippen molar-refractivity contribution in [3.63, 3.8) is 0 Å². The molecule has 0 radical (unpaired) electrons. The SMILES string of the molecule is CCNc1nc(SCC(=O)OC)nc(-n2cncn2)n1. The summed E-state index contributed by atoms with van der Waals surface area (Å²) in [5.41, 5.74) is 0. The summed E-state index contributed by atoms with van der Waals surface area (Å²) >= 11 is 1.17. The first-order valence-electron chi connectivity index (χ1n) is 5.77. The Morgan fingerprint density at radius 3 is 2.95 bits per heavy atom. The van der Waals surface area contributed by atoms with Crippen LogP contribution in [0.4, 0.5) is 5.95 Å². The van der Waals surface area contributed by atoms with Gasteiger partial charge < -0.3 is 10.1 Å². The Bertz CT molecular complexity index is 575. The highest BCUT2D eigenvalue weighted by molar-refractivity contribution is 7.99. The molecule has 0 atom stereocenters. The minimum atomic E-state index is -0.345. The van der Waals surface area contributed by atoms with Gasteiger partial charge in [-0.05, 0) is 6.92 Å². The highest BCUT2D eigenvalue weighted by Crippen LogP contribution is 2.16. The lowest BCUT2D eigenvalue weighted by molar-refractivity contribution is -0.137. The summed E-state index contributed by atoms with van der Waals surface area (Å²) in [6, 6.07) is 0. The molecule has 0 aliphatic rings. The summed E-state index contributed by atoms with van der Waals surface area (Å²) in [6.45, 7) is 2.60. The van der Waals surface area contributed by atoms with E-state index < -0.39 is 0 Å². The number of anilines is 1. The minimum Gasteiger partial charge on any atom is -0.468 e. The van der Waals surface area contributed by atoms with Crippen LogP contribution in [0.1, 0.15) is 6.92 Å². The lowest BCUT2D eigenvalue weighted by atomic mass is 10.7. The van der Waals surface area contributed by atoms with E-state index in [1.54, 1.807) is 0 Å². The van der Waals surface area contributed by atoms with Crippen LogP contribution in [-0.4, -0.2) is 55.1 Å². The van der Waals surface area contributed by atoms with Crippen LogP contribution in [0.5, 0.6) is 0 Å². The largest absolute Gasteiger partial charge is 0.468 e. The van der Waals surface area contributed by atoms with E-state index in [0.29, 0.717) is 23.6 Å². The third-order valence-electron chi connectivity index (χ3n) is 2.11. The van der Waals surface area contributed by atoms with Crippen LogP contribution in [0.25, 0.3) is 5.95 Å². The van der Waals surface area contributed by atoms with Gasteiger partial charge in [0.1, 0.15) is 12.7 Å². The molecule has 0 aliphatic carbocycles. The van der Waals surface area contributed by atoms with Crippen LogP contribution in [-0.2, 0) is 9.53 Å². The third kappa shape index (κ3) is 3.63. The van der Waals surface area contributed by atoms with Gasteiger partial charge in [-0.25, -0.2) is 4.98 Å². The Morgan fingerprint density at radius 2 is 2.30 bits per heavy atom. The highest BCUT2D eigenvalue weighted by atomic mass is 32.2. The molecule has 0 amide bonds. The van der Waals surface area contributed by atoms with Crippen LogP contribution >= 0.6 is 11.8 Å². The van der Waals surface area contributed by atoms with E-state index in [1.807, 2.05) is 6.92 Å². The highest BCUT2D eigenvalue weighted by Gasteiger charge is 2.11. The molecule has 106 valence electrons. The number of rotatable bonds is 6. The van der Waals surface area contributed by atoms with E-state index in [1.165, 1.54) is 36.2 Å². The molecule has 2 heterocycles. The molecule has 20 heavy (non-hydrogen) atoms. The molecular formula is C10H13N7O2S. The predicted molar refractivity (Wildman–Crippen MR) is 71.6 cm³/mol. The molecule has 10 heteroatoms. The van der Waals surface area contributed by atoms with Crippen molar-refractivity contribution >= 4 is 23.7 Å². The summed E-state index contributed by atoms with van der Waals surface area (Å²) in [7, 11) is 1.33. The van der Waals surface area contributed by atoms with E-state index >= 15 is 0 Å². The van der Waals surface area contributed by atoms with Gasteiger partial charge in [0.05, 0.1) is 12.9 Å². The summed E-state index contributed by atoms with van der Waals surface area (Å²) in [6.07, 6.45) is 2.87. The fourth-order valence-electron chi connectivity index (χ4n) is 1.24. The number of nitrogens with zero attached hydrogens (tertiary/aromatic N) is 6. The third-order valence-corrected chi connectivity index (χ3v) is 2.93. The molecular weight excluding hydrogens is 282 g/mol. The van der Waals surface area contributed by atoms with Crippen molar-refractivity contribution in [2.75, 3.05) is 24.7 Å². The molecule has 2 rings (SSSR count). The first kappa shape index (κ1) is 14.2. The van der Waals surface area contributed by atoms with E-state index in [2.05, 4.69) is 35.1 Å². The standard InChI is InChI=1S/C10H13N7O2S/c1-3-12-8-14-9(17-6-11-5-13-17)16-10(15-8)20-4-7(18)19-2/h5-6H,3-4H2,1-2H3,(H,12,14,15,16). The van der Waals surface area contributed by atoms with Gasteiger partial charge in [0, 0.05) is 6.54 Å². The number of thioether (sulfide) groups is 1. The molecule has 2 aromatic heterocycles. The molecule has 0 spiro atoms. The molecule has 0 saturated heterocycles. The van der Waals surface area contributed by atoms with Crippen molar-refractivity contribution in [3.8, 4) is 5.95 Å². The van der Waals surface area contributed by atoms with Gasteiger partial charge >= 0.3 is 5.97 Å². The number of nitrogens with one attached hydrogen (secondary N) is 1. The lowest BCUT2D eigenvalue weighted by Gasteiger charge is -2.06. The first-order chi connectivity index (χ1) is 9.72. The Balaban J connectivity index is 2.24. The fourth-order valence-corrected chi connectivity index (χ4v) is 1.91. The second kappa shape index (κ2) is 6.80. The van der Waals surface area contributed by atoms with Crippen molar-refractivity contribution in [3.05, 3.63) is 12.7 Å². The smallest absolute Gasteiger partial charge is 0.316 e. The minimum absolute atomic E-state index is 0.128. The Hall–Kier alpha value is -2.23. The molecule has 1 N–H and O–H groups in total. The maximum atomic E-state index is 11.2. The van der Waals surface area contributed by atoms with Gasteiger partial charge in [0.2, 0.25) is 5.95 Å². The summed E-state index contributed by atoms with van der Waals surface area (Å²) in [5.74, 6) is 0.534. The maximum absolute atomic E-state index is 11.2. The topological polar surface area (TPSA) is 108 Å². The van der Waals surface area contributed by atoms with Crippen LogP contribution in [0.2, 0.25) is 0 Å². The number of esters is 1. The summed E-state index contributed by atoms with van der Waals surface area (Å²) in [5, 5.41) is 7.37. The summed E-state index contributed by atoms with van der Waals surface area (Å²) < 4.78 is 6.00. The van der Waals surface area contributed by atoms with Gasteiger partial charge in [0.15, 0.2) is 5.16 Å². The number of aromatic nitrogens is 6. The van der Waals surface area contributed by atoms with E-state index in [0.717, 1.165) is 0 Å². The average Bonchev–Trinajstić information content (AvgIpc) is 2.99. The average molecular weight is 295 g/mol. The first-order valence-corrected chi connectivity index (χ1v) is 6.76. The predicted octanol–water partition coefficient (Wildman–Crippen LogP) is 0.149. The Morgan fingerprint density at radius 1 is 1.45 bits per heavy atom. The molecule has 0 aliphatic heterocycles. The second-order valence-corrected chi connectivity index (χ2v) is 4.42. The number of ether oxygens (including phenoxy) is 1. The zero-order valence-electron chi connectivity index (χ0n) is 11.0. The maximum Gasteiger partial charge on any atom is 0.316 e. The zero-order valence-corrected chi connectivity index (χ0v) is 11.8. The van der Waals surface area contributed by atoms with Crippen molar-refractivity contribution in [2.45, 2.75) is 12.1 Å². The monoisotopic (exact) mass is 295 g/mol. The van der Waals surface area contributed by atoms with Crippen LogP contribution in [0.15, 0.2) is 17.8 Å². The molecule has 0 unspecified atom stereocenters. The molecule has 0 saturated carbocycles. The van der Waals surface area contributed by atoms with Crippen LogP contribution in [0.3, 0.4) is 0 Å². The molecule has 0 aromatic carbocycles. The lowest BCUT2D eigenvalue weighted by Crippen LogP contribution is -2.11. The van der Waals surface area contributed by atoms with Gasteiger partial charge in [0.25, 0.3) is 5.95 Å². The van der Waals surface area contributed by atoms with Crippen molar-refractivity contribution in [1.29, 1.82) is 0 Å². The Labute approximate surface area is 119 Å². The number of hydrogen-bond donors (Lipinski definition) is 1. The normalized spacial score (nSPS) is 10.3. The number of carbonyl (C=O) groups is 1. The zero-order chi connectivity index (χ0) is 14.4. The number of carbonyl (C=O) groups excluding carboxylic acids is 1. The molecule has 0 fully saturated rings. The second-order valence-electron chi connectivity index (χ2n) is 3.48. The van der Waals surface area contributed by atoms with Gasteiger partial charge in [-0.2, -0.15) is 24.7 Å². The fraction of sp³-hybridized carbons (Fsp3) is 0.400. The van der Waals surface area contributed by atoms with E-state index in [4.69, 9.17) is 0 Å². The van der Waals surface area contributed by atoms with Gasteiger partial charge in [-0.1, -0.05) is 11.8 Å². The van der Waals surface area contributed by atoms with E-state index in [-0.39, 0.29) is 11.7 Å².